The molecule has 1 aliphatic carbocycles. The first-order chi connectivity index (χ1) is 12.8. The van der Waals surface area contributed by atoms with Gasteiger partial charge < -0.3 is 14.6 Å². The number of ether oxygens (including phenoxy) is 2. The van der Waals surface area contributed by atoms with Crippen molar-refractivity contribution in [2.75, 3.05) is 20.3 Å². The maximum Gasteiger partial charge on any atom is 0.282 e. The molecule has 2 spiro atoms. The van der Waals surface area contributed by atoms with Crippen molar-refractivity contribution < 1.29 is 24.2 Å². The standard InChI is InChI=1S/C21H27NO5/c1-13-11-14(2)16(15(3)12-13)17-18(23)20(22(25-4)19(17)24)5-7-21(8-6-20)26-9-10-27-21/h11-12,23H,5-10H2,1-4H3. The van der Waals surface area contributed by atoms with E-state index in [0.717, 1.165) is 22.3 Å². The maximum absolute atomic E-state index is 13.2. The molecule has 1 N–H and O–H groups in total. The van der Waals surface area contributed by atoms with Crippen molar-refractivity contribution in [3.63, 3.8) is 0 Å². The number of amides is 1. The molecule has 0 bridgehead atoms. The Morgan fingerprint density at radius 2 is 1.59 bits per heavy atom. The molecule has 1 saturated carbocycles. The van der Waals surface area contributed by atoms with Crippen molar-refractivity contribution >= 4 is 11.5 Å². The third-order valence-corrected chi connectivity index (χ3v) is 6.23. The van der Waals surface area contributed by atoms with Crippen LogP contribution in [-0.4, -0.2) is 47.7 Å². The van der Waals surface area contributed by atoms with Crippen LogP contribution in [0.25, 0.3) is 5.57 Å². The first-order valence-electron chi connectivity index (χ1n) is 9.52. The Kier molecular flexibility index (Phi) is 4.33. The molecule has 1 amide bonds. The predicted molar refractivity (Wildman–Crippen MR) is 99.9 cm³/mol. The van der Waals surface area contributed by atoms with Crippen LogP contribution in [0.5, 0.6) is 0 Å². The molecule has 0 aromatic heterocycles. The van der Waals surface area contributed by atoms with Gasteiger partial charge in [0.1, 0.15) is 11.3 Å². The normalized spacial score (nSPS) is 23.9. The molecule has 27 heavy (non-hydrogen) atoms. The summed E-state index contributed by atoms with van der Waals surface area (Å²) in [6, 6.07) is 4.07. The van der Waals surface area contributed by atoms with E-state index in [9.17, 15) is 9.90 Å². The van der Waals surface area contributed by atoms with Crippen molar-refractivity contribution in [3.8, 4) is 0 Å². The number of nitrogens with zero attached hydrogens (tertiary/aromatic N) is 1. The highest BCUT2D eigenvalue weighted by atomic mass is 16.7. The molecule has 2 heterocycles. The maximum atomic E-state index is 13.2. The Hall–Kier alpha value is -1.89. The van der Waals surface area contributed by atoms with Crippen LogP contribution in [0.15, 0.2) is 17.9 Å². The van der Waals surface area contributed by atoms with E-state index in [-0.39, 0.29) is 11.7 Å². The minimum absolute atomic E-state index is 0.109. The van der Waals surface area contributed by atoms with Crippen LogP contribution in [0.2, 0.25) is 0 Å². The number of hydrogen-bond acceptors (Lipinski definition) is 5. The number of rotatable bonds is 2. The summed E-state index contributed by atoms with van der Waals surface area (Å²) in [4.78, 5) is 18.7. The predicted octanol–water partition coefficient (Wildman–Crippen LogP) is 3.34. The van der Waals surface area contributed by atoms with E-state index in [1.807, 2.05) is 32.9 Å². The Morgan fingerprint density at radius 1 is 1.04 bits per heavy atom. The summed E-state index contributed by atoms with van der Waals surface area (Å²) in [6.45, 7) is 7.16. The van der Waals surface area contributed by atoms with Gasteiger partial charge in [-0.15, -0.1) is 0 Å². The zero-order chi connectivity index (χ0) is 19.4. The van der Waals surface area contributed by atoms with Gasteiger partial charge >= 0.3 is 0 Å². The topological polar surface area (TPSA) is 68.2 Å². The van der Waals surface area contributed by atoms with E-state index < -0.39 is 11.3 Å². The lowest BCUT2D eigenvalue weighted by Crippen LogP contribution is -2.53. The Balaban J connectivity index is 1.78. The molecule has 0 atom stereocenters. The van der Waals surface area contributed by atoms with E-state index >= 15 is 0 Å². The summed E-state index contributed by atoms with van der Waals surface area (Å²) in [7, 11) is 1.48. The van der Waals surface area contributed by atoms with Crippen molar-refractivity contribution in [2.24, 2.45) is 0 Å². The van der Waals surface area contributed by atoms with Gasteiger partial charge in [-0.1, -0.05) is 17.7 Å². The minimum Gasteiger partial charge on any atom is -0.509 e. The molecule has 3 aliphatic rings. The van der Waals surface area contributed by atoms with Crippen LogP contribution in [0.4, 0.5) is 0 Å². The van der Waals surface area contributed by atoms with Crippen LogP contribution in [0, 0.1) is 20.8 Å². The van der Waals surface area contributed by atoms with Gasteiger partial charge in [-0.25, -0.2) is 5.06 Å². The van der Waals surface area contributed by atoms with Gasteiger partial charge in [0.05, 0.1) is 25.9 Å². The Labute approximate surface area is 159 Å². The second kappa shape index (κ2) is 6.33. The van der Waals surface area contributed by atoms with E-state index in [1.165, 1.54) is 12.2 Å². The molecular formula is C21H27NO5. The molecule has 0 radical (unpaired) electrons. The molecule has 1 saturated heterocycles. The lowest BCUT2D eigenvalue weighted by molar-refractivity contribution is -0.232. The molecule has 2 fully saturated rings. The fourth-order valence-corrected chi connectivity index (χ4v) is 5.05. The van der Waals surface area contributed by atoms with Gasteiger partial charge in [-0.05, 0) is 50.3 Å². The molecular weight excluding hydrogens is 346 g/mol. The van der Waals surface area contributed by atoms with Gasteiger partial charge in [0.2, 0.25) is 0 Å². The third kappa shape index (κ3) is 2.62. The number of carbonyl (C=O) groups is 1. The quantitative estimate of drug-likeness (QED) is 0.861. The van der Waals surface area contributed by atoms with E-state index in [0.29, 0.717) is 44.5 Å². The van der Waals surface area contributed by atoms with Crippen molar-refractivity contribution in [3.05, 3.63) is 40.1 Å². The van der Waals surface area contributed by atoms with Crippen molar-refractivity contribution in [1.29, 1.82) is 0 Å². The SMILES string of the molecule is CON1C(=O)C(c2c(C)cc(C)cc2C)=C(O)C12CCC1(CC2)OCCO1. The summed E-state index contributed by atoms with van der Waals surface area (Å²) in [5, 5.41) is 12.7. The number of aliphatic hydroxyl groups excluding tert-OH is 1. The Bertz CT molecular complexity index is 789. The smallest absolute Gasteiger partial charge is 0.282 e. The molecule has 1 aromatic carbocycles. The largest absolute Gasteiger partial charge is 0.509 e. The lowest BCUT2D eigenvalue weighted by Gasteiger charge is -2.44. The van der Waals surface area contributed by atoms with Crippen molar-refractivity contribution in [1.82, 2.24) is 5.06 Å². The molecule has 0 unspecified atom stereocenters. The Morgan fingerprint density at radius 3 is 2.11 bits per heavy atom. The lowest BCUT2D eigenvalue weighted by atomic mass is 9.77. The summed E-state index contributed by atoms with van der Waals surface area (Å²) in [5.74, 6) is -0.751. The first-order valence-corrected chi connectivity index (χ1v) is 9.52. The average Bonchev–Trinajstić information content (AvgIpc) is 3.14. The van der Waals surface area contributed by atoms with E-state index in [4.69, 9.17) is 14.3 Å². The van der Waals surface area contributed by atoms with E-state index in [1.54, 1.807) is 0 Å². The second-order valence-corrected chi connectivity index (χ2v) is 7.92. The average molecular weight is 373 g/mol. The highest BCUT2D eigenvalue weighted by Gasteiger charge is 2.58. The van der Waals surface area contributed by atoms with Crippen LogP contribution in [0.3, 0.4) is 0 Å². The first kappa shape index (κ1) is 18.5. The molecule has 6 nitrogen and oxygen atoms in total. The third-order valence-electron chi connectivity index (χ3n) is 6.23. The fourth-order valence-electron chi connectivity index (χ4n) is 5.05. The molecule has 4 rings (SSSR count). The van der Waals surface area contributed by atoms with Crippen LogP contribution < -0.4 is 0 Å². The molecule has 2 aliphatic heterocycles. The van der Waals surface area contributed by atoms with Gasteiger partial charge in [-0.2, -0.15) is 0 Å². The number of benzene rings is 1. The van der Waals surface area contributed by atoms with Crippen LogP contribution >= 0.6 is 0 Å². The van der Waals surface area contributed by atoms with E-state index in [2.05, 4.69) is 0 Å². The highest BCUT2D eigenvalue weighted by molar-refractivity contribution is 6.23. The zero-order valence-electron chi connectivity index (χ0n) is 16.4. The number of aryl methyl sites for hydroxylation is 3. The molecule has 6 heteroatoms. The van der Waals surface area contributed by atoms with Crippen LogP contribution in [-0.2, 0) is 19.1 Å². The zero-order valence-corrected chi connectivity index (χ0v) is 16.4. The fraction of sp³-hybridized carbons (Fsp3) is 0.571. The second-order valence-electron chi connectivity index (χ2n) is 7.92. The monoisotopic (exact) mass is 373 g/mol. The van der Waals surface area contributed by atoms with Gasteiger partial charge in [0.15, 0.2) is 5.79 Å². The number of carbonyl (C=O) groups excluding carboxylic acids is 1. The van der Waals surface area contributed by atoms with Crippen LogP contribution in [0.1, 0.15) is 47.9 Å². The summed E-state index contributed by atoms with van der Waals surface area (Å²) in [5.41, 5.74) is 3.39. The number of hydrogen-bond donors (Lipinski definition) is 1. The minimum atomic E-state index is -0.856. The number of aliphatic hydroxyl groups is 1. The summed E-state index contributed by atoms with van der Waals surface area (Å²) >= 11 is 0. The van der Waals surface area contributed by atoms with Gasteiger partial charge in [0, 0.05) is 12.8 Å². The van der Waals surface area contributed by atoms with Gasteiger partial charge in [-0.3, -0.25) is 9.63 Å². The molecule has 1 aromatic rings. The molecule has 146 valence electrons. The highest BCUT2D eigenvalue weighted by Crippen LogP contribution is 2.51. The van der Waals surface area contributed by atoms with Gasteiger partial charge in [0.25, 0.3) is 5.91 Å². The summed E-state index contributed by atoms with van der Waals surface area (Å²) in [6.07, 6.45) is 2.30. The van der Waals surface area contributed by atoms with Crippen molar-refractivity contribution in [2.45, 2.75) is 57.8 Å². The summed E-state index contributed by atoms with van der Waals surface area (Å²) < 4.78 is 11.6. The number of hydroxylamine groups is 2.